The summed E-state index contributed by atoms with van der Waals surface area (Å²) in [6.45, 7) is 11.0. The van der Waals surface area contributed by atoms with Crippen molar-refractivity contribution in [2.24, 2.45) is 0 Å². The Hall–Kier alpha value is -3.41. The first-order valence-corrected chi connectivity index (χ1v) is 13.0. The number of hydrogen-bond acceptors (Lipinski definition) is 3. The molecular formula is C30H40N4O2. The minimum Gasteiger partial charge on any atom is -0.333 e. The normalized spacial score (nSPS) is 11.4. The van der Waals surface area contributed by atoms with E-state index in [0.29, 0.717) is 25.2 Å². The first-order valence-electron chi connectivity index (χ1n) is 13.0. The second-order valence-corrected chi connectivity index (χ2v) is 10.4. The van der Waals surface area contributed by atoms with Gasteiger partial charge in [-0.25, -0.2) is 4.68 Å². The van der Waals surface area contributed by atoms with Crippen LogP contribution in [0.2, 0.25) is 0 Å². The van der Waals surface area contributed by atoms with Gasteiger partial charge in [0.15, 0.2) is 0 Å². The Morgan fingerprint density at radius 1 is 1.00 bits per heavy atom. The third-order valence-corrected chi connectivity index (χ3v) is 6.28. The summed E-state index contributed by atoms with van der Waals surface area (Å²) in [7, 11) is 0. The van der Waals surface area contributed by atoms with Crippen LogP contribution < -0.4 is 5.32 Å². The van der Waals surface area contributed by atoms with Gasteiger partial charge in [0.05, 0.1) is 17.9 Å². The van der Waals surface area contributed by atoms with Gasteiger partial charge >= 0.3 is 0 Å². The first kappa shape index (κ1) is 27.2. The van der Waals surface area contributed by atoms with Gasteiger partial charge in [-0.3, -0.25) is 9.59 Å². The zero-order chi connectivity index (χ0) is 26.1. The maximum atomic E-state index is 13.2. The van der Waals surface area contributed by atoms with Crippen molar-refractivity contribution in [3.63, 3.8) is 0 Å². The van der Waals surface area contributed by atoms with Crippen LogP contribution in [0.5, 0.6) is 0 Å². The standard InChI is InChI=1S/C30H40N4O2/c1-6-7-9-18-29(36)33(20-19-24-15-10-8-11-16-24)22-28(35)31-27-21-26(30(3,4)5)32-34(27)25-17-13-12-14-23(25)2/h8,10-17,21H,6-7,9,18-20,22H2,1-5H3,(H,31,35). The van der Waals surface area contributed by atoms with Crippen molar-refractivity contribution < 1.29 is 9.59 Å². The molecule has 3 rings (SSSR count). The predicted octanol–water partition coefficient (Wildman–Crippen LogP) is 6.07. The van der Waals surface area contributed by atoms with Crippen LogP contribution in [0, 0.1) is 6.92 Å². The topological polar surface area (TPSA) is 67.2 Å². The van der Waals surface area contributed by atoms with Gasteiger partial charge in [0.25, 0.3) is 0 Å². The molecule has 0 aliphatic heterocycles. The molecule has 2 amide bonds. The van der Waals surface area contributed by atoms with Crippen molar-refractivity contribution in [1.29, 1.82) is 0 Å². The summed E-state index contributed by atoms with van der Waals surface area (Å²) >= 11 is 0. The first-order chi connectivity index (χ1) is 17.2. The van der Waals surface area contributed by atoms with Crippen LogP contribution in [0.15, 0.2) is 60.7 Å². The lowest BCUT2D eigenvalue weighted by molar-refractivity contribution is -0.134. The molecule has 0 radical (unpaired) electrons. The molecule has 0 aliphatic rings. The number of hydrogen-bond donors (Lipinski definition) is 1. The lowest BCUT2D eigenvalue weighted by atomic mass is 9.92. The molecule has 1 N–H and O–H groups in total. The largest absolute Gasteiger partial charge is 0.333 e. The smallest absolute Gasteiger partial charge is 0.245 e. The van der Waals surface area contributed by atoms with Gasteiger partial charge in [0.1, 0.15) is 5.82 Å². The van der Waals surface area contributed by atoms with Crippen LogP contribution in [0.3, 0.4) is 0 Å². The number of nitrogens with one attached hydrogen (secondary N) is 1. The Balaban J connectivity index is 1.80. The van der Waals surface area contributed by atoms with Crippen molar-refractivity contribution >= 4 is 17.6 Å². The van der Waals surface area contributed by atoms with E-state index >= 15 is 0 Å². The van der Waals surface area contributed by atoms with Crippen molar-refractivity contribution in [3.05, 3.63) is 77.5 Å². The molecule has 3 aromatic rings. The molecule has 0 unspecified atom stereocenters. The van der Waals surface area contributed by atoms with Gasteiger partial charge in [-0.05, 0) is 37.0 Å². The number of aromatic nitrogens is 2. The van der Waals surface area contributed by atoms with Gasteiger partial charge in [-0.1, -0.05) is 89.1 Å². The van der Waals surface area contributed by atoms with Crippen LogP contribution in [-0.2, 0) is 21.4 Å². The fourth-order valence-electron chi connectivity index (χ4n) is 4.06. The monoisotopic (exact) mass is 488 g/mol. The molecule has 192 valence electrons. The highest BCUT2D eigenvalue weighted by molar-refractivity contribution is 5.94. The number of para-hydroxylation sites is 1. The number of carbonyl (C=O) groups is 2. The van der Waals surface area contributed by atoms with Crippen LogP contribution >= 0.6 is 0 Å². The third kappa shape index (κ3) is 7.54. The number of amides is 2. The zero-order valence-electron chi connectivity index (χ0n) is 22.4. The highest BCUT2D eigenvalue weighted by Gasteiger charge is 2.23. The SMILES string of the molecule is CCCCCC(=O)N(CCc1ccccc1)CC(=O)Nc1cc(C(C)(C)C)nn1-c1ccccc1C. The average Bonchev–Trinajstić information content (AvgIpc) is 3.26. The molecular weight excluding hydrogens is 448 g/mol. The van der Waals surface area contributed by atoms with Crippen LogP contribution in [-0.4, -0.2) is 39.6 Å². The summed E-state index contributed by atoms with van der Waals surface area (Å²) in [5.74, 6) is 0.417. The molecule has 0 aliphatic carbocycles. The second-order valence-electron chi connectivity index (χ2n) is 10.4. The van der Waals surface area contributed by atoms with E-state index in [1.807, 2.05) is 55.5 Å². The van der Waals surface area contributed by atoms with Crippen molar-refractivity contribution in [2.45, 2.75) is 72.1 Å². The van der Waals surface area contributed by atoms with E-state index in [0.717, 1.165) is 41.8 Å². The lowest BCUT2D eigenvalue weighted by Crippen LogP contribution is -2.39. The summed E-state index contributed by atoms with van der Waals surface area (Å²) in [6, 6.07) is 20.0. The van der Waals surface area contributed by atoms with Gasteiger partial charge in [0.2, 0.25) is 11.8 Å². The van der Waals surface area contributed by atoms with Crippen molar-refractivity contribution in [2.75, 3.05) is 18.4 Å². The Kier molecular flexibility index (Phi) is 9.45. The van der Waals surface area contributed by atoms with E-state index in [4.69, 9.17) is 5.10 Å². The van der Waals surface area contributed by atoms with Gasteiger partial charge < -0.3 is 10.2 Å². The molecule has 36 heavy (non-hydrogen) atoms. The van der Waals surface area contributed by atoms with E-state index in [2.05, 4.69) is 45.1 Å². The number of aryl methyl sites for hydroxylation is 1. The fraction of sp³-hybridized carbons (Fsp3) is 0.433. The summed E-state index contributed by atoms with van der Waals surface area (Å²) in [5.41, 5.74) is 3.84. The Labute approximate surface area is 215 Å². The van der Waals surface area contributed by atoms with E-state index < -0.39 is 0 Å². The number of benzene rings is 2. The molecule has 0 bridgehead atoms. The second kappa shape index (κ2) is 12.5. The van der Waals surface area contributed by atoms with Crippen molar-refractivity contribution in [3.8, 4) is 5.69 Å². The summed E-state index contributed by atoms with van der Waals surface area (Å²) in [4.78, 5) is 28.0. The maximum Gasteiger partial charge on any atom is 0.245 e. The summed E-state index contributed by atoms with van der Waals surface area (Å²) in [6.07, 6.45) is 4.08. The van der Waals surface area contributed by atoms with Gasteiger partial charge in [-0.2, -0.15) is 5.10 Å². The minimum absolute atomic E-state index is 0.0155. The van der Waals surface area contributed by atoms with Crippen LogP contribution in [0.4, 0.5) is 5.82 Å². The highest BCUT2D eigenvalue weighted by atomic mass is 16.2. The molecule has 0 spiro atoms. The van der Waals surface area contributed by atoms with E-state index in [-0.39, 0.29) is 23.8 Å². The molecule has 1 heterocycles. The summed E-state index contributed by atoms with van der Waals surface area (Å²) in [5, 5.41) is 7.87. The fourth-order valence-corrected chi connectivity index (χ4v) is 4.06. The van der Waals surface area contributed by atoms with E-state index in [9.17, 15) is 9.59 Å². The Bertz CT molecular complexity index is 1150. The number of rotatable bonds is 11. The highest BCUT2D eigenvalue weighted by Crippen LogP contribution is 2.27. The molecule has 0 saturated heterocycles. The molecule has 0 saturated carbocycles. The quantitative estimate of drug-likeness (QED) is 0.333. The number of nitrogens with zero attached hydrogens (tertiary/aromatic N) is 3. The number of unbranched alkanes of at least 4 members (excludes halogenated alkanes) is 2. The molecule has 6 heteroatoms. The Morgan fingerprint density at radius 3 is 2.36 bits per heavy atom. The molecule has 0 atom stereocenters. The average molecular weight is 489 g/mol. The molecule has 1 aromatic heterocycles. The number of anilines is 1. The minimum atomic E-state index is -0.220. The summed E-state index contributed by atoms with van der Waals surface area (Å²) < 4.78 is 1.80. The van der Waals surface area contributed by atoms with E-state index in [1.165, 1.54) is 0 Å². The van der Waals surface area contributed by atoms with Crippen LogP contribution in [0.25, 0.3) is 5.69 Å². The maximum absolute atomic E-state index is 13.2. The molecule has 0 fully saturated rings. The van der Waals surface area contributed by atoms with E-state index in [1.54, 1.807) is 9.58 Å². The van der Waals surface area contributed by atoms with Gasteiger partial charge in [0, 0.05) is 24.4 Å². The Morgan fingerprint density at radius 2 is 1.69 bits per heavy atom. The molecule has 6 nitrogen and oxygen atoms in total. The zero-order valence-corrected chi connectivity index (χ0v) is 22.4. The number of carbonyl (C=O) groups excluding carboxylic acids is 2. The van der Waals surface area contributed by atoms with Gasteiger partial charge in [-0.15, -0.1) is 0 Å². The third-order valence-electron chi connectivity index (χ3n) is 6.28. The lowest BCUT2D eigenvalue weighted by Gasteiger charge is -2.22. The van der Waals surface area contributed by atoms with Crippen LogP contribution in [0.1, 0.15) is 70.2 Å². The molecule has 2 aromatic carbocycles. The van der Waals surface area contributed by atoms with Crippen molar-refractivity contribution in [1.82, 2.24) is 14.7 Å². The predicted molar refractivity (Wildman–Crippen MR) is 146 cm³/mol.